The van der Waals surface area contributed by atoms with Crippen molar-refractivity contribution < 1.29 is 17.9 Å². The van der Waals surface area contributed by atoms with E-state index in [0.717, 1.165) is 11.1 Å². The molecular formula is C17H21NO4S. The molecule has 0 radical (unpaired) electrons. The predicted molar refractivity (Wildman–Crippen MR) is 88.3 cm³/mol. The van der Waals surface area contributed by atoms with Crippen LogP contribution in [0.4, 0.5) is 0 Å². The molecule has 5 nitrogen and oxygen atoms in total. The number of rotatable bonds is 4. The molecular weight excluding hydrogens is 314 g/mol. The third-order valence-corrected chi connectivity index (χ3v) is 5.78. The fraction of sp³-hybridized carbons (Fsp3) is 0.353. The Morgan fingerprint density at radius 1 is 1.35 bits per heavy atom. The topological polar surface area (TPSA) is 63.7 Å². The van der Waals surface area contributed by atoms with Crippen molar-refractivity contribution in [1.82, 2.24) is 4.31 Å². The fourth-order valence-electron chi connectivity index (χ4n) is 2.57. The summed E-state index contributed by atoms with van der Waals surface area (Å²) in [5.41, 5.74) is 2.53. The van der Waals surface area contributed by atoms with Crippen molar-refractivity contribution in [3.63, 3.8) is 0 Å². The van der Waals surface area contributed by atoms with Crippen LogP contribution in [0, 0.1) is 12.8 Å². The smallest absolute Gasteiger partial charge is 0.330 e. The molecule has 1 aromatic rings. The molecule has 0 spiro atoms. The summed E-state index contributed by atoms with van der Waals surface area (Å²) in [5.74, 6) is -0.657. The Bertz CT molecular complexity index is 747. The van der Waals surface area contributed by atoms with Crippen LogP contribution in [0.3, 0.4) is 0 Å². The normalized spacial score (nSPS) is 20.7. The molecule has 0 unspecified atom stereocenters. The van der Waals surface area contributed by atoms with Crippen molar-refractivity contribution in [3.8, 4) is 0 Å². The first-order valence-electron chi connectivity index (χ1n) is 7.26. The minimum Gasteiger partial charge on any atom is -0.466 e. The average Bonchev–Trinajstić information content (AvgIpc) is 2.92. The van der Waals surface area contributed by atoms with E-state index in [0.29, 0.717) is 5.57 Å². The van der Waals surface area contributed by atoms with Gasteiger partial charge in [0, 0.05) is 25.1 Å². The Morgan fingerprint density at radius 3 is 2.48 bits per heavy atom. The molecule has 1 aromatic carbocycles. The third-order valence-electron chi connectivity index (χ3n) is 3.95. The van der Waals surface area contributed by atoms with Crippen LogP contribution in [-0.4, -0.2) is 38.9 Å². The molecule has 2 rings (SSSR count). The first-order chi connectivity index (χ1) is 10.8. The number of methoxy groups -OCH3 is 1. The van der Waals surface area contributed by atoms with Gasteiger partial charge in [-0.25, -0.2) is 13.2 Å². The van der Waals surface area contributed by atoms with Crippen molar-refractivity contribution in [2.24, 2.45) is 5.92 Å². The third kappa shape index (κ3) is 3.71. The van der Waals surface area contributed by atoms with Crippen LogP contribution in [0.5, 0.6) is 0 Å². The molecule has 6 heteroatoms. The number of carbonyl (C=O) groups is 1. The van der Waals surface area contributed by atoms with E-state index in [9.17, 15) is 13.2 Å². The number of esters is 1. The predicted octanol–water partition coefficient (Wildman–Crippen LogP) is 2.29. The molecule has 0 amide bonds. The first-order valence-corrected chi connectivity index (χ1v) is 8.70. The lowest BCUT2D eigenvalue weighted by Crippen LogP contribution is -2.29. The Balaban J connectivity index is 2.34. The van der Waals surface area contributed by atoms with E-state index in [2.05, 4.69) is 11.3 Å². The van der Waals surface area contributed by atoms with Crippen molar-refractivity contribution in [3.05, 3.63) is 53.6 Å². The quantitative estimate of drug-likeness (QED) is 0.481. The highest BCUT2D eigenvalue weighted by Crippen LogP contribution is 2.32. The fourth-order valence-corrected chi connectivity index (χ4v) is 4.01. The van der Waals surface area contributed by atoms with Crippen LogP contribution < -0.4 is 0 Å². The summed E-state index contributed by atoms with van der Waals surface area (Å²) < 4.78 is 31.6. The number of hydrogen-bond donors (Lipinski definition) is 0. The standard InChI is InChI=1S/C17H21NO4S/c1-12(2)16-11-18(10-14(16)9-17(19)22-4)23(20,21)15-7-5-13(3)6-8-15/h5-9,16H,1,10-11H2,2-4H3/b14-9+/t16-/m0/s1. The zero-order valence-corrected chi connectivity index (χ0v) is 14.4. The molecule has 0 N–H and O–H groups in total. The monoisotopic (exact) mass is 335 g/mol. The molecule has 0 bridgehead atoms. The van der Waals surface area contributed by atoms with E-state index in [1.807, 2.05) is 13.8 Å². The van der Waals surface area contributed by atoms with E-state index in [1.54, 1.807) is 24.3 Å². The molecule has 0 saturated carbocycles. The minimum atomic E-state index is -3.60. The van der Waals surface area contributed by atoms with Crippen molar-refractivity contribution in [1.29, 1.82) is 0 Å². The first kappa shape index (κ1) is 17.4. The molecule has 1 aliphatic rings. The van der Waals surface area contributed by atoms with Crippen LogP contribution in [0.25, 0.3) is 0 Å². The maximum atomic E-state index is 12.8. The second kappa shape index (κ2) is 6.68. The highest BCUT2D eigenvalue weighted by Gasteiger charge is 2.36. The van der Waals surface area contributed by atoms with Gasteiger partial charge in [0.25, 0.3) is 0 Å². The summed E-state index contributed by atoms with van der Waals surface area (Å²) in [6.45, 7) is 8.10. The van der Waals surface area contributed by atoms with Crippen LogP contribution >= 0.6 is 0 Å². The lowest BCUT2D eigenvalue weighted by atomic mass is 9.96. The molecule has 1 heterocycles. The second-order valence-corrected chi connectivity index (χ2v) is 7.69. The van der Waals surface area contributed by atoms with Gasteiger partial charge in [0.15, 0.2) is 0 Å². The highest BCUT2D eigenvalue weighted by molar-refractivity contribution is 7.89. The molecule has 23 heavy (non-hydrogen) atoms. The SMILES string of the molecule is C=C(C)[C@@H]1CN(S(=O)(=O)c2ccc(C)cc2)C/C1=C\C(=O)OC. The minimum absolute atomic E-state index is 0.169. The van der Waals surface area contributed by atoms with Crippen molar-refractivity contribution >= 4 is 16.0 Å². The van der Waals surface area contributed by atoms with E-state index in [1.165, 1.54) is 17.5 Å². The Kier molecular flexibility index (Phi) is 5.06. The number of aryl methyl sites for hydroxylation is 1. The van der Waals surface area contributed by atoms with Gasteiger partial charge in [-0.2, -0.15) is 4.31 Å². The largest absolute Gasteiger partial charge is 0.466 e. The Morgan fingerprint density at radius 2 is 1.96 bits per heavy atom. The molecule has 1 fully saturated rings. The second-order valence-electron chi connectivity index (χ2n) is 5.75. The number of carbonyl (C=O) groups excluding carboxylic acids is 1. The highest BCUT2D eigenvalue weighted by atomic mass is 32.2. The van der Waals surface area contributed by atoms with Crippen LogP contribution in [0.15, 0.2) is 53.0 Å². The maximum absolute atomic E-state index is 12.8. The van der Waals surface area contributed by atoms with Gasteiger partial charge in [0.05, 0.1) is 12.0 Å². The lowest BCUT2D eigenvalue weighted by molar-refractivity contribution is -0.134. The number of hydrogen-bond acceptors (Lipinski definition) is 4. The van der Waals surface area contributed by atoms with E-state index < -0.39 is 16.0 Å². The molecule has 1 saturated heterocycles. The zero-order chi connectivity index (χ0) is 17.2. The summed E-state index contributed by atoms with van der Waals surface area (Å²) in [4.78, 5) is 11.8. The van der Waals surface area contributed by atoms with Crippen molar-refractivity contribution in [2.75, 3.05) is 20.2 Å². The van der Waals surface area contributed by atoms with Crippen LogP contribution in [-0.2, 0) is 19.6 Å². The molecule has 0 aromatic heterocycles. The van der Waals surface area contributed by atoms with Gasteiger partial charge >= 0.3 is 5.97 Å². The Labute approximate surface area is 137 Å². The maximum Gasteiger partial charge on any atom is 0.330 e. The number of benzene rings is 1. The summed E-state index contributed by atoms with van der Waals surface area (Å²) in [6, 6.07) is 6.74. The van der Waals surface area contributed by atoms with Gasteiger partial charge in [0.2, 0.25) is 10.0 Å². The Hall–Kier alpha value is -1.92. The van der Waals surface area contributed by atoms with E-state index in [-0.39, 0.29) is 23.9 Å². The number of nitrogens with zero attached hydrogens (tertiary/aromatic N) is 1. The molecule has 1 aliphatic heterocycles. The number of sulfonamides is 1. The van der Waals surface area contributed by atoms with Gasteiger partial charge in [-0.1, -0.05) is 29.8 Å². The van der Waals surface area contributed by atoms with Crippen LogP contribution in [0.2, 0.25) is 0 Å². The van der Waals surface area contributed by atoms with Crippen LogP contribution in [0.1, 0.15) is 12.5 Å². The summed E-state index contributed by atoms with van der Waals surface area (Å²) >= 11 is 0. The van der Waals surface area contributed by atoms with Gasteiger partial charge in [0.1, 0.15) is 0 Å². The average molecular weight is 335 g/mol. The summed E-state index contributed by atoms with van der Waals surface area (Å²) in [6.07, 6.45) is 1.37. The zero-order valence-electron chi connectivity index (χ0n) is 13.6. The molecule has 124 valence electrons. The molecule has 1 atom stereocenters. The summed E-state index contributed by atoms with van der Waals surface area (Å²) in [7, 11) is -2.30. The van der Waals surface area contributed by atoms with Gasteiger partial charge in [-0.15, -0.1) is 0 Å². The van der Waals surface area contributed by atoms with Gasteiger partial charge < -0.3 is 4.74 Å². The van der Waals surface area contributed by atoms with E-state index >= 15 is 0 Å². The van der Waals surface area contributed by atoms with Gasteiger partial charge in [-0.3, -0.25) is 0 Å². The van der Waals surface area contributed by atoms with E-state index in [4.69, 9.17) is 0 Å². The summed E-state index contributed by atoms with van der Waals surface area (Å²) in [5, 5.41) is 0. The number of ether oxygens (including phenoxy) is 1. The molecule has 0 aliphatic carbocycles. The van der Waals surface area contributed by atoms with Crippen molar-refractivity contribution in [2.45, 2.75) is 18.7 Å². The lowest BCUT2D eigenvalue weighted by Gasteiger charge is -2.16. The van der Waals surface area contributed by atoms with Gasteiger partial charge in [-0.05, 0) is 31.6 Å².